The number of carbonyl (C=O) groups excluding carboxylic acids is 5. The molecule has 0 radical (unpaired) electrons. The van der Waals surface area contributed by atoms with Crippen LogP contribution in [0, 0.1) is 11.3 Å². The lowest BCUT2D eigenvalue weighted by molar-refractivity contribution is -0.147. The topological polar surface area (TPSA) is 162 Å². The molecule has 1 saturated heterocycles. The number of piperidine rings is 1. The average molecular weight is 563 g/mol. The van der Waals surface area contributed by atoms with Gasteiger partial charge in [0.25, 0.3) is 5.91 Å². The number of amides is 4. The summed E-state index contributed by atoms with van der Waals surface area (Å²) in [5.74, 6) is -3.18. The quantitative estimate of drug-likeness (QED) is 0.318. The molecule has 2 bridgehead atoms. The Balaban J connectivity index is 1.83. The second kappa shape index (κ2) is 12.1. The Labute approximate surface area is 232 Å². The van der Waals surface area contributed by atoms with Crippen LogP contribution in [0.25, 0.3) is 0 Å². The van der Waals surface area contributed by atoms with Gasteiger partial charge in [-0.15, -0.1) is 0 Å². The molecule has 39 heavy (non-hydrogen) atoms. The lowest BCUT2D eigenvalue weighted by Gasteiger charge is -2.40. The fourth-order valence-electron chi connectivity index (χ4n) is 5.27. The van der Waals surface area contributed by atoms with Gasteiger partial charge >= 0.3 is 5.97 Å². The number of rotatable bonds is 10. The van der Waals surface area contributed by atoms with Gasteiger partial charge in [0.2, 0.25) is 17.7 Å². The highest BCUT2D eigenvalue weighted by Gasteiger charge is 2.53. The number of fused-ring (bicyclic) bond motifs is 2. The van der Waals surface area contributed by atoms with Gasteiger partial charge in [0, 0.05) is 18.2 Å². The van der Waals surface area contributed by atoms with Crippen molar-refractivity contribution in [3.8, 4) is 0 Å². The van der Waals surface area contributed by atoms with Crippen LogP contribution >= 0.6 is 11.6 Å². The summed E-state index contributed by atoms with van der Waals surface area (Å²) < 4.78 is 0. The van der Waals surface area contributed by atoms with E-state index >= 15 is 0 Å². The zero-order valence-corrected chi connectivity index (χ0v) is 23.2. The molecule has 1 aliphatic carbocycles. The Kier molecular flexibility index (Phi) is 9.37. The van der Waals surface area contributed by atoms with Gasteiger partial charge in [0.05, 0.1) is 23.0 Å². The normalized spacial score (nSPS) is 21.6. The van der Waals surface area contributed by atoms with Gasteiger partial charge in [-0.25, -0.2) is 0 Å². The SMILES string of the molecule is CCC(=O)Nc1ccc(C(=O)N[C@H](C(=O)N2C3CC[C@@H](C3)[C@H]2C(=O)N[C@H](C=O)CC(=O)O)C(C)(C)C)c(Cl)c1. The molecule has 2 fully saturated rings. The van der Waals surface area contributed by atoms with E-state index in [-0.39, 0.29) is 34.9 Å². The summed E-state index contributed by atoms with van der Waals surface area (Å²) in [6, 6.07) is 1.15. The maximum atomic E-state index is 14.0. The van der Waals surface area contributed by atoms with E-state index in [0.29, 0.717) is 24.8 Å². The summed E-state index contributed by atoms with van der Waals surface area (Å²) in [7, 11) is 0. The summed E-state index contributed by atoms with van der Waals surface area (Å²) in [5, 5.41) is 17.0. The number of aldehydes is 1. The van der Waals surface area contributed by atoms with Crippen LogP contribution in [-0.2, 0) is 24.0 Å². The molecule has 0 aromatic heterocycles. The lowest BCUT2D eigenvalue weighted by Crippen LogP contribution is -2.61. The number of benzene rings is 1. The minimum atomic E-state index is -1.23. The maximum absolute atomic E-state index is 14.0. The molecule has 1 aromatic rings. The third-order valence-electron chi connectivity index (χ3n) is 7.20. The molecule has 1 saturated carbocycles. The highest BCUT2D eigenvalue weighted by molar-refractivity contribution is 6.34. The number of nitrogens with one attached hydrogen (secondary N) is 3. The van der Waals surface area contributed by atoms with E-state index < -0.39 is 53.7 Å². The predicted octanol–water partition coefficient (Wildman–Crippen LogP) is 2.37. The van der Waals surface area contributed by atoms with Crippen LogP contribution in [-0.4, -0.2) is 70.1 Å². The minimum absolute atomic E-state index is 0.0948. The highest BCUT2D eigenvalue weighted by Crippen LogP contribution is 2.43. The number of carboxylic acid groups (broad SMARTS) is 1. The number of aliphatic carboxylic acids is 1. The zero-order chi connectivity index (χ0) is 29.1. The molecule has 1 aromatic carbocycles. The van der Waals surface area contributed by atoms with Crippen molar-refractivity contribution in [1.29, 1.82) is 0 Å². The summed E-state index contributed by atoms with van der Waals surface area (Å²) in [4.78, 5) is 76.0. The molecule has 5 atom stereocenters. The monoisotopic (exact) mass is 562 g/mol. The van der Waals surface area contributed by atoms with E-state index in [0.717, 1.165) is 6.42 Å². The van der Waals surface area contributed by atoms with Crippen molar-refractivity contribution in [3.05, 3.63) is 28.8 Å². The number of nitrogens with zero attached hydrogens (tertiary/aromatic N) is 1. The van der Waals surface area contributed by atoms with Gasteiger partial charge in [-0.3, -0.25) is 24.0 Å². The Morgan fingerprint density at radius 2 is 1.85 bits per heavy atom. The third-order valence-corrected chi connectivity index (χ3v) is 7.51. The molecule has 12 heteroatoms. The summed E-state index contributed by atoms with van der Waals surface area (Å²) in [5.41, 5.74) is -0.190. The van der Waals surface area contributed by atoms with Crippen molar-refractivity contribution in [2.24, 2.45) is 11.3 Å². The first-order valence-corrected chi connectivity index (χ1v) is 13.3. The van der Waals surface area contributed by atoms with Crippen LogP contribution < -0.4 is 16.0 Å². The predicted molar refractivity (Wildman–Crippen MR) is 143 cm³/mol. The first-order chi connectivity index (χ1) is 18.3. The molecule has 4 N–H and O–H groups in total. The maximum Gasteiger partial charge on any atom is 0.305 e. The largest absolute Gasteiger partial charge is 0.481 e. The summed E-state index contributed by atoms with van der Waals surface area (Å²) in [6.07, 6.45) is 2.12. The van der Waals surface area contributed by atoms with E-state index in [1.54, 1.807) is 33.8 Å². The van der Waals surface area contributed by atoms with E-state index in [2.05, 4.69) is 16.0 Å². The Morgan fingerprint density at radius 1 is 1.15 bits per heavy atom. The number of carboxylic acids is 1. The van der Waals surface area contributed by atoms with Gasteiger partial charge in [0.15, 0.2) is 0 Å². The minimum Gasteiger partial charge on any atom is -0.481 e. The summed E-state index contributed by atoms with van der Waals surface area (Å²) in [6.45, 7) is 7.08. The van der Waals surface area contributed by atoms with Crippen molar-refractivity contribution >= 4 is 53.2 Å². The van der Waals surface area contributed by atoms with Crippen LogP contribution in [0.1, 0.15) is 70.2 Å². The molecule has 1 heterocycles. The number of carbonyl (C=O) groups is 6. The number of likely N-dealkylation sites (tertiary alicyclic amines) is 1. The van der Waals surface area contributed by atoms with Crippen molar-refractivity contribution in [2.45, 2.75) is 84.0 Å². The second-order valence-corrected chi connectivity index (χ2v) is 11.5. The van der Waals surface area contributed by atoms with Crippen LogP contribution in [0.4, 0.5) is 5.69 Å². The number of anilines is 1. The first-order valence-electron chi connectivity index (χ1n) is 13.0. The smallest absolute Gasteiger partial charge is 0.305 e. The fourth-order valence-corrected chi connectivity index (χ4v) is 5.53. The van der Waals surface area contributed by atoms with Gasteiger partial charge in [-0.05, 0) is 48.8 Å². The number of hydrogen-bond donors (Lipinski definition) is 4. The van der Waals surface area contributed by atoms with Crippen molar-refractivity contribution in [1.82, 2.24) is 15.5 Å². The van der Waals surface area contributed by atoms with Crippen LogP contribution in [0.2, 0.25) is 5.02 Å². The van der Waals surface area contributed by atoms with E-state index in [4.69, 9.17) is 16.7 Å². The second-order valence-electron chi connectivity index (χ2n) is 11.1. The molecular weight excluding hydrogens is 528 g/mol. The number of halogens is 1. The average Bonchev–Trinajstić information content (AvgIpc) is 3.47. The van der Waals surface area contributed by atoms with Gasteiger partial charge < -0.3 is 30.8 Å². The Bertz CT molecular complexity index is 1170. The van der Waals surface area contributed by atoms with E-state index in [1.165, 1.54) is 17.0 Å². The fraction of sp³-hybridized carbons (Fsp3) is 0.556. The van der Waals surface area contributed by atoms with Crippen LogP contribution in [0.3, 0.4) is 0 Å². The third kappa shape index (κ3) is 6.95. The Hall–Kier alpha value is -3.47. The lowest BCUT2D eigenvalue weighted by atomic mass is 9.84. The van der Waals surface area contributed by atoms with Crippen molar-refractivity contribution < 1.29 is 33.9 Å². The van der Waals surface area contributed by atoms with Gasteiger partial charge in [0.1, 0.15) is 18.4 Å². The molecular formula is C27H35ClN4O7. The van der Waals surface area contributed by atoms with E-state index in [9.17, 15) is 28.8 Å². The van der Waals surface area contributed by atoms with Crippen LogP contribution in [0.15, 0.2) is 18.2 Å². The van der Waals surface area contributed by atoms with Crippen molar-refractivity contribution in [2.75, 3.05) is 5.32 Å². The molecule has 4 amide bonds. The summed E-state index contributed by atoms with van der Waals surface area (Å²) >= 11 is 6.34. The number of hydrogen-bond acceptors (Lipinski definition) is 6. The standard InChI is InChI=1S/C27H35ClN4O7/c1-5-20(34)29-15-7-9-18(19(28)11-15)24(37)31-23(27(2,3)4)26(39)32-17-8-6-14(10-17)22(32)25(38)30-16(13-33)12-21(35)36/h7,9,11,13-14,16-17,22-23H,5-6,8,10,12H2,1-4H3,(H,29,34)(H,30,38)(H,31,37)(H,35,36)/t14-,16-,17?,22-,23+/m0/s1. The molecule has 2 aliphatic rings. The molecule has 212 valence electrons. The zero-order valence-electron chi connectivity index (χ0n) is 22.5. The first kappa shape index (κ1) is 30.1. The molecule has 0 spiro atoms. The molecule has 1 aliphatic heterocycles. The highest BCUT2D eigenvalue weighted by atomic mass is 35.5. The molecule has 1 unspecified atom stereocenters. The van der Waals surface area contributed by atoms with Gasteiger partial charge in [-0.1, -0.05) is 39.3 Å². The van der Waals surface area contributed by atoms with E-state index in [1.807, 2.05) is 0 Å². The molecule has 3 rings (SSSR count). The van der Waals surface area contributed by atoms with Gasteiger partial charge in [-0.2, -0.15) is 0 Å². The Morgan fingerprint density at radius 3 is 2.41 bits per heavy atom. The van der Waals surface area contributed by atoms with Crippen molar-refractivity contribution in [3.63, 3.8) is 0 Å². The molecule has 11 nitrogen and oxygen atoms in total. The van der Waals surface area contributed by atoms with Crippen LogP contribution in [0.5, 0.6) is 0 Å².